The van der Waals surface area contributed by atoms with Crippen molar-refractivity contribution in [1.82, 2.24) is 0 Å². The number of hydrogen-bond acceptors (Lipinski definition) is 5. The molecule has 0 fully saturated rings. The number of benzene rings is 3. The highest BCUT2D eigenvalue weighted by atomic mass is 35.5. The van der Waals surface area contributed by atoms with E-state index in [1.807, 2.05) is 6.07 Å². The summed E-state index contributed by atoms with van der Waals surface area (Å²) in [5, 5.41) is 21.6. The molecule has 7 nitrogen and oxygen atoms in total. The Hall–Kier alpha value is -3.99. The molecule has 0 atom stereocenters. The van der Waals surface area contributed by atoms with Crippen molar-refractivity contribution in [3.8, 4) is 17.6 Å². The van der Waals surface area contributed by atoms with E-state index in [2.05, 4.69) is 5.32 Å². The van der Waals surface area contributed by atoms with E-state index in [1.165, 1.54) is 31.4 Å². The molecule has 0 saturated carbocycles. The molecular formula is C25H18Cl2N2O5. The molecule has 34 heavy (non-hydrogen) atoms. The number of hydrogen-bond donors (Lipinski definition) is 2. The summed E-state index contributed by atoms with van der Waals surface area (Å²) < 4.78 is 11.2. The summed E-state index contributed by atoms with van der Waals surface area (Å²) in [5.41, 5.74) is 1.57. The average Bonchev–Trinajstić information content (AvgIpc) is 2.83. The van der Waals surface area contributed by atoms with Gasteiger partial charge in [0.05, 0.1) is 28.4 Å². The first kappa shape index (κ1) is 24.6. The highest BCUT2D eigenvalue weighted by Gasteiger charge is 2.15. The summed E-state index contributed by atoms with van der Waals surface area (Å²) in [5.74, 6) is -1.08. The van der Waals surface area contributed by atoms with Crippen molar-refractivity contribution < 1.29 is 24.2 Å². The lowest BCUT2D eigenvalue weighted by molar-refractivity contribution is -0.112. The number of aromatic carboxylic acids is 1. The van der Waals surface area contributed by atoms with Gasteiger partial charge in [-0.25, -0.2) is 4.79 Å². The normalized spacial score (nSPS) is 10.8. The molecule has 0 aliphatic heterocycles. The summed E-state index contributed by atoms with van der Waals surface area (Å²) in [6, 6.07) is 17.9. The lowest BCUT2D eigenvalue weighted by atomic mass is 10.1. The molecule has 0 unspecified atom stereocenters. The van der Waals surface area contributed by atoms with Gasteiger partial charge in [0.1, 0.15) is 18.2 Å². The second-order valence-corrected chi connectivity index (χ2v) is 7.74. The van der Waals surface area contributed by atoms with Gasteiger partial charge in [-0.2, -0.15) is 5.26 Å². The van der Waals surface area contributed by atoms with Crippen LogP contribution in [0.1, 0.15) is 21.5 Å². The number of rotatable bonds is 8. The molecule has 3 aromatic rings. The summed E-state index contributed by atoms with van der Waals surface area (Å²) in [6.07, 6.45) is 1.37. The number of ether oxygens (including phenoxy) is 2. The maximum absolute atomic E-state index is 12.5. The minimum atomic E-state index is -1.02. The number of carboxylic acid groups (broad SMARTS) is 1. The van der Waals surface area contributed by atoms with Crippen LogP contribution in [-0.2, 0) is 11.4 Å². The van der Waals surface area contributed by atoms with Crippen molar-refractivity contribution in [2.75, 3.05) is 12.4 Å². The Kier molecular flexibility index (Phi) is 8.14. The lowest BCUT2D eigenvalue weighted by Gasteiger charge is -2.14. The molecule has 172 valence electrons. The van der Waals surface area contributed by atoms with Crippen LogP contribution in [0.15, 0.2) is 66.2 Å². The molecule has 3 rings (SSSR count). The minimum absolute atomic E-state index is 0.120. The Morgan fingerprint density at radius 3 is 2.41 bits per heavy atom. The largest absolute Gasteiger partial charge is 0.493 e. The van der Waals surface area contributed by atoms with Crippen molar-refractivity contribution >= 4 is 46.8 Å². The standard InChI is InChI=1S/C25H18Cl2N2O5/c1-33-22-12-16(10-18(13-28)24(30)29-21-5-3-2-4-19(21)26)11-20(27)23(22)34-14-15-6-8-17(9-7-15)25(31)32/h2-12H,14H2,1H3,(H,29,30)(H,31,32)/b18-10+. The zero-order valence-corrected chi connectivity index (χ0v) is 19.4. The highest BCUT2D eigenvalue weighted by molar-refractivity contribution is 6.34. The van der Waals surface area contributed by atoms with Gasteiger partial charge < -0.3 is 19.9 Å². The van der Waals surface area contributed by atoms with E-state index in [0.29, 0.717) is 22.0 Å². The molecule has 0 bridgehead atoms. The maximum atomic E-state index is 12.5. The Bertz CT molecular complexity index is 1300. The Labute approximate surface area is 205 Å². The van der Waals surface area contributed by atoms with Crippen LogP contribution in [0.2, 0.25) is 10.0 Å². The van der Waals surface area contributed by atoms with E-state index in [1.54, 1.807) is 42.5 Å². The van der Waals surface area contributed by atoms with Crippen molar-refractivity contribution in [3.05, 3.63) is 93.0 Å². The predicted octanol–water partition coefficient (Wildman–Crippen LogP) is 5.82. The topological polar surface area (TPSA) is 109 Å². The number of anilines is 1. The number of carboxylic acids is 1. The molecule has 0 aliphatic carbocycles. The van der Waals surface area contributed by atoms with Crippen molar-refractivity contribution in [2.24, 2.45) is 0 Å². The van der Waals surface area contributed by atoms with E-state index in [0.717, 1.165) is 5.56 Å². The molecule has 0 radical (unpaired) electrons. The van der Waals surface area contributed by atoms with Crippen LogP contribution in [0.3, 0.4) is 0 Å². The van der Waals surface area contributed by atoms with Crippen molar-refractivity contribution in [1.29, 1.82) is 5.26 Å². The Balaban J connectivity index is 1.80. The molecular weight excluding hydrogens is 479 g/mol. The van der Waals surface area contributed by atoms with Crippen LogP contribution in [-0.4, -0.2) is 24.1 Å². The van der Waals surface area contributed by atoms with E-state index in [9.17, 15) is 14.9 Å². The van der Waals surface area contributed by atoms with Crippen LogP contribution >= 0.6 is 23.2 Å². The average molecular weight is 497 g/mol. The number of amides is 1. The van der Waals surface area contributed by atoms with Gasteiger partial charge in [-0.15, -0.1) is 0 Å². The maximum Gasteiger partial charge on any atom is 0.335 e. The molecule has 0 aromatic heterocycles. The second kappa shape index (κ2) is 11.2. The monoisotopic (exact) mass is 496 g/mol. The SMILES string of the molecule is COc1cc(/C=C(\C#N)C(=O)Nc2ccccc2Cl)cc(Cl)c1OCc1ccc(C(=O)O)cc1. The first-order chi connectivity index (χ1) is 16.3. The number of nitriles is 1. The molecule has 9 heteroatoms. The highest BCUT2D eigenvalue weighted by Crippen LogP contribution is 2.37. The van der Waals surface area contributed by atoms with Gasteiger partial charge in [0, 0.05) is 0 Å². The molecule has 3 aromatic carbocycles. The zero-order valence-electron chi connectivity index (χ0n) is 17.8. The van der Waals surface area contributed by atoms with E-state index < -0.39 is 11.9 Å². The van der Waals surface area contributed by atoms with Crippen LogP contribution in [0, 0.1) is 11.3 Å². The molecule has 0 spiro atoms. The summed E-state index contributed by atoms with van der Waals surface area (Å²) in [7, 11) is 1.43. The van der Waals surface area contributed by atoms with Crippen molar-refractivity contribution in [3.63, 3.8) is 0 Å². The van der Waals surface area contributed by atoms with Gasteiger partial charge in [-0.05, 0) is 53.6 Å². The molecule has 1 amide bonds. The van der Waals surface area contributed by atoms with Crippen molar-refractivity contribution in [2.45, 2.75) is 6.61 Å². The molecule has 0 aliphatic rings. The van der Waals surface area contributed by atoms with Crippen LogP contribution < -0.4 is 14.8 Å². The minimum Gasteiger partial charge on any atom is -0.493 e. The quantitative estimate of drug-likeness (QED) is 0.300. The fourth-order valence-corrected chi connectivity index (χ4v) is 3.39. The van der Waals surface area contributed by atoms with Crippen LogP contribution in [0.25, 0.3) is 6.08 Å². The number of carbonyl (C=O) groups is 2. The summed E-state index contributed by atoms with van der Waals surface area (Å²) >= 11 is 12.4. The van der Waals surface area contributed by atoms with Gasteiger partial charge in [-0.1, -0.05) is 47.5 Å². The second-order valence-electron chi connectivity index (χ2n) is 6.93. The predicted molar refractivity (Wildman–Crippen MR) is 129 cm³/mol. The van der Waals surface area contributed by atoms with Crippen LogP contribution in [0.4, 0.5) is 5.69 Å². The first-order valence-corrected chi connectivity index (χ1v) is 10.6. The number of nitrogens with zero attached hydrogens (tertiary/aromatic N) is 1. The van der Waals surface area contributed by atoms with E-state index >= 15 is 0 Å². The van der Waals surface area contributed by atoms with Crippen LogP contribution in [0.5, 0.6) is 11.5 Å². The smallest absolute Gasteiger partial charge is 0.335 e. The van der Waals surface area contributed by atoms with E-state index in [4.69, 9.17) is 37.8 Å². The van der Waals surface area contributed by atoms with Gasteiger partial charge in [0.2, 0.25) is 0 Å². The lowest BCUT2D eigenvalue weighted by Crippen LogP contribution is -2.13. The fourth-order valence-electron chi connectivity index (χ4n) is 2.93. The number of nitrogens with one attached hydrogen (secondary N) is 1. The van der Waals surface area contributed by atoms with Gasteiger partial charge >= 0.3 is 5.97 Å². The summed E-state index contributed by atoms with van der Waals surface area (Å²) in [4.78, 5) is 23.5. The van der Waals surface area contributed by atoms with Gasteiger partial charge in [-0.3, -0.25) is 4.79 Å². The third-order valence-electron chi connectivity index (χ3n) is 4.63. The molecule has 0 heterocycles. The van der Waals surface area contributed by atoms with Gasteiger partial charge in [0.25, 0.3) is 5.91 Å². The Morgan fingerprint density at radius 2 is 1.79 bits per heavy atom. The third kappa shape index (κ3) is 6.07. The number of methoxy groups -OCH3 is 1. The Morgan fingerprint density at radius 1 is 1.09 bits per heavy atom. The van der Waals surface area contributed by atoms with Gasteiger partial charge in [0.15, 0.2) is 11.5 Å². The zero-order chi connectivity index (χ0) is 24.7. The third-order valence-corrected chi connectivity index (χ3v) is 5.24. The number of carbonyl (C=O) groups excluding carboxylic acids is 1. The number of halogens is 2. The molecule has 2 N–H and O–H groups in total. The summed E-state index contributed by atoms with van der Waals surface area (Å²) in [6.45, 7) is 0.120. The number of para-hydroxylation sites is 1. The van der Waals surface area contributed by atoms with E-state index in [-0.39, 0.29) is 28.5 Å². The first-order valence-electron chi connectivity index (χ1n) is 9.82. The fraction of sp³-hybridized carbons (Fsp3) is 0.0800. The molecule has 0 saturated heterocycles.